The third-order valence-corrected chi connectivity index (χ3v) is 3.19. The molecule has 0 aliphatic heterocycles. The quantitative estimate of drug-likeness (QED) is 0.622. The number of aromatic nitrogens is 4. The number of rotatable bonds is 7. The molecule has 0 aromatic carbocycles. The van der Waals surface area contributed by atoms with Gasteiger partial charge in [0.05, 0.1) is 19.1 Å². The van der Waals surface area contributed by atoms with Crippen molar-refractivity contribution in [3.63, 3.8) is 0 Å². The number of nitrogens with one attached hydrogen (secondary N) is 1. The fourth-order valence-corrected chi connectivity index (χ4v) is 2.01. The molecule has 9 heteroatoms. The molecule has 25 heavy (non-hydrogen) atoms. The van der Waals surface area contributed by atoms with Gasteiger partial charge in [-0.2, -0.15) is 0 Å². The smallest absolute Gasteiger partial charge is 0.253 e. The van der Waals surface area contributed by atoms with Gasteiger partial charge < -0.3 is 14.5 Å². The van der Waals surface area contributed by atoms with Crippen molar-refractivity contribution in [1.82, 2.24) is 25.1 Å². The topological polar surface area (TPSA) is 112 Å². The molecule has 0 saturated heterocycles. The van der Waals surface area contributed by atoms with E-state index < -0.39 is 0 Å². The summed E-state index contributed by atoms with van der Waals surface area (Å²) in [4.78, 5) is 27.0. The highest BCUT2D eigenvalue weighted by molar-refractivity contribution is 5.75. The van der Waals surface area contributed by atoms with Crippen molar-refractivity contribution >= 4 is 5.91 Å². The average molecular weight is 341 g/mol. The van der Waals surface area contributed by atoms with Crippen LogP contribution in [0.5, 0.6) is 5.88 Å². The summed E-state index contributed by atoms with van der Waals surface area (Å²) in [7, 11) is 0. The summed E-state index contributed by atoms with van der Waals surface area (Å²) in [5.74, 6) is 0.656. The summed E-state index contributed by atoms with van der Waals surface area (Å²) >= 11 is 0. The van der Waals surface area contributed by atoms with Crippen molar-refractivity contribution in [2.24, 2.45) is 0 Å². The number of carbonyl (C=O) groups is 1. The van der Waals surface area contributed by atoms with Gasteiger partial charge in [-0.25, -0.2) is 4.98 Å². The zero-order valence-corrected chi connectivity index (χ0v) is 13.2. The Balaban J connectivity index is 1.42. The van der Waals surface area contributed by atoms with Crippen LogP contribution >= 0.6 is 0 Å². The van der Waals surface area contributed by atoms with Crippen molar-refractivity contribution in [2.45, 2.75) is 6.54 Å². The van der Waals surface area contributed by atoms with Crippen LogP contribution < -0.4 is 15.6 Å². The molecule has 3 aromatic rings. The third kappa shape index (κ3) is 4.50. The van der Waals surface area contributed by atoms with E-state index in [4.69, 9.17) is 9.15 Å². The van der Waals surface area contributed by atoms with Gasteiger partial charge >= 0.3 is 0 Å². The Morgan fingerprint density at radius 2 is 2.16 bits per heavy atom. The number of hydrogen-bond acceptors (Lipinski definition) is 7. The lowest BCUT2D eigenvalue weighted by Gasteiger charge is -2.08. The predicted molar refractivity (Wildman–Crippen MR) is 86.7 cm³/mol. The Hall–Kier alpha value is -3.49. The first kappa shape index (κ1) is 16.4. The van der Waals surface area contributed by atoms with Crippen LogP contribution in [0.3, 0.4) is 0 Å². The maximum atomic E-state index is 11.8. The molecule has 0 atom stereocenters. The molecule has 0 radical (unpaired) electrons. The van der Waals surface area contributed by atoms with E-state index in [9.17, 15) is 9.59 Å². The molecule has 1 N–H and O–H groups in total. The monoisotopic (exact) mass is 341 g/mol. The van der Waals surface area contributed by atoms with E-state index in [0.29, 0.717) is 17.3 Å². The van der Waals surface area contributed by atoms with Gasteiger partial charge in [0.15, 0.2) is 5.76 Å². The minimum atomic E-state index is -0.307. The van der Waals surface area contributed by atoms with Gasteiger partial charge in [-0.3, -0.25) is 14.2 Å². The van der Waals surface area contributed by atoms with Crippen molar-refractivity contribution in [3.8, 4) is 17.3 Å². The maximum Gasteiger partial charge on any atom is 0.253 e. The second-order valence-corrected chi connectivity index (χ2v) is 4.98. The largest absolute Gasteiger partial charge is 0.475 e. The fraction of sp³-hybridized carbons (Fsp3) is 0.188. The molecule has 1 amide bonds. The number of nitrogens with zero attached hydrogens (tertiary/aromatic N) is 4. The number of furan rings is 1. The first-order chi connectivity index (χ1) is 12.2. The molecule has 0 spiro atoms. The van der Waals surface area contributed by atoms with E-state index in [0.717, 1.165) is 0 Å². The van der Waals surface area contributed by atoms with E-state index in [-0.39, 0.29) is 31.2 Å². The summed E-state index contributed by atoms with van der Waals surface area (Å²) < 4.78 is 11.8. The lowest BCUT2D eigenvalue weighted by Crippen LogP contribution is -2.34. The van der Waals surface area contributed by atoms with Gasteiger partial charge in [0, 0.05) is 18.3 Å². The van der Waals surface area contributed by atoms with Gasteiger partial charge in [-0.05, 0) is 18.2 Å². The molecule has 0 aliphatic rings. The Morgan fingerprint density at radius 1 is 1.24 bits per heavy atom. The molecule has 3 aromatic heterocycles. The van der Waals surface area contributed by atoms with E-state index >= 15 is 0 Å². The molecular weight excluding hydrogens is 326 g/mol. The van der Waals surface area contributed by atoms with Crippen LogP contribution in [-0.2, 0) is 11.3 Å². The van der Waals surface area contributed by atoms with Gasteiger partial charge in [-0.15, -0.1) is 10.2 Å². The van der Waals surface area contributed by atoms with E-state index in [1.165, 1.54) is 23.2 Å². The fourth-order valence-electron chi connectivity index (χ4n) is 2.01. The maximum absolute atomic E-state index is 11.8. The molecule has 0 bridgehead atoms. The van der Waals surface area contributed by atoms with Crippen LogP contribution in [0.25, 0.3) is 11.5 Å². The highest BCUT2D eigenvalue weighted by Crippen LogP contribution is 2.17. The molecule has 0 saturated carbocycles. The molecule has 0 fully saturated rings. The minimum Gasteiger partial charge on any atom is -0.475 e. The number of hydrogen-bond donors (Lipinski definition) is 1. The van der Waals surface area contributed by atoms with Crippen molar-refractivity contribution in [1.29, 1.82) is 0 Å². The van der Waals surface area contributed by atoms with Crippen molar-refractivity contribution < 1.29 is 13.9 Å². The van der Waals surface area contributed by atoms with E-state index in [2.05, 4.69) is 20.5 Å². The second kappa shape index (κ2) is 7.86. The zero-order valence-electron chi connectivity index (χ0n) is 13.2. The molecule has 0 unspecified atom stereocenters. The predicted octanol–water partition coefficient (Wildman–Crippen LogP) is 0.488. The lowest BCUT2D eigenvalue weighted by atomic mass is 10.3. The Bertz CT molecular complexity index is 874. The van der Waals surface area contributed by atoms with E-state index in [1.807, 2.05) is 0 Å². The minimum absolute atomic E-state index is 0.0929. The van der Waals surface area contributed by atoms with Crippen LogP contribution in [0.1, 0.15) is 0 Å². The number of ether oxygens (including phenoxy) is 1. The number of amides is 1. The molecule has 3 rings (SSSR count). The summed E-state index contributed by atoms with van der Waals surface area (Å²) in [6, 6.07) is 8.25. The molecule has 9 nitrogen and oxygen atoms in total. The van der Waals surface area contributed by atoms with Crippen LogP contribution in [0.15, 0.2) is 58.3 Å². The van der Waals surface area contributed by atoms with Gasteiger partial charge in [0.25, 0.3) is 5.56 Å². The summed E-state index contributed by atoms with van der Waals surface area (Å²) in [6.07, 6.45) is 4.25. The molecular formula is C16H15N5O4. The van der Waals surface area contributed by atoms with Crippen LogP contribution in [0.4, 0.5) is 0 Å². The van der Waals surface area contributed by atoms with Gasteiger partial charge in [-0.1, -0.05) is 0 Å². The van der Waals surface area contributed by atoms with Gasteiger partial charge in [0.1, 0.15) is 18.8 Å². The highest BCUT2D eigenvalue weighted by atomic mass is 16.5. The Kier molecular flexibility index (Phi) is 5.15. The SMILES string of the molecule is O=C(Cn1cnccc1=O)NCCOc1ccc(-c2ccco2)nn1. The molecule has 128 valence electrons. The first-order valence-electron chi connectivity index (χ1n) is 7.50. The van der Waals surface area contributed by atoms with Crippen LogP contribution in [-0.4, -0.2) is 38.8 Å². The summed E-state index contributed by atoms with van der Waals surface area (Å²) in [6.45, 7) is 0.405. The Morgan fingerprint density at radius 3 is 2.88 bits per heavy atom. The average Bonchev–Trinajstić information content (AvgIpc) is 3.16. The third-order valence-electron chi connectivity index (χ3n) is 3.19. The summed E-state index contributed by atoms with van der Waals surface area (Å²) in [5.41, 5.74) is 0.320. The first-order valence-corrected chi connectivity index (χ1v) is 7.50. The lowest BCUT2D eigenvalue weighted by molar-refractivity contribution is -0.121. The standard InChI is InChI=1S/C16H15N5O4/c22-14(10-21-11-17-6-5-16(21)23)18-7-9-25-15-4-3-12(19-20-15)13-2-1-8-24-13/h1-6,8,11H,7,9-10H2,(H,18,22). The van der Waals surface area contributed by atoms with Gasteiger partial charge in [0.2, 0.25) is 11.8 Å². The molecule has 0 aliphatic carbocycles. The molecule has 3 heterocycles. The highest BCUT2D eigenvalue weighted by Gasteiger charge is 2.05. The second-order valence-electron chi connectivity index (χ2n) is 4.98. The van der Waals surface area contributed by atoms with Crippen molar-refractivity contribution in [3.05, 3.63) is 59.5 Å². The van der Waals surface area contributed by atoms with E-state index in [1.54, 1.807) is 30.5 Å². The normalized spacial score (nSPS) is 10.4. The number of carbonyl (C=O) groups excluding carboxylic acids is 1. The van der Waals surface area contributed by atoms with Crippen LogP contribution in [0.2, 0.25) is 0 Å². The van der Waals surface area contributed by atoms with Crippen LogP contribution in [0, 0.1) is 0 Å². The zero-order chi connectivity index (χ0) is 17.5. The summed E-state index contributed by atoms with van der Waals surface area (Å²) in [5, 5.41) is 10.6. The van der Waals surface area contributed by atoms with Crippen molar-refractivity contribution in [2.75, 3.05) is 13.2 Å². The Labute approximate surface area is 142 Å².